The number of hydrogen-bond donors (Lipinski definition) is 0. The SMILES string of the molecule is CC1=CC[C@H]2[C@H](CCC23OCCO3)C1. The molecular weight excluding hydrogens is 176 g/mol. The van der Waals surface area contributed by atoms with Crippen LogP contribution in [0.5, 0.6) is 0 Å². The molecule has 0 unspecified atom stereocenters. The fraction of sp³-hybridized carbons (Fsp3) is 0.833. The third-order valence-corrected chi connectivity index (χ3v) is 4.08. The zero-order valence-corrected chi connectivity index (χ0v) is 8.79. The molecule has 2 nitrogen and oxygen atoms in total. The van der Waals surface area contributed by atoms with Gasteiger partial charge in [0.15, 0.2) is 5.79 Å². The molecule has 1 saturated carbocycles. The van der Waals surface area contributed by atoms with E-state index in [1.807, 2.05) is 0 Å². The Balaban J connectivity index is 1.85. The van der Waals surface area contributed by atoms with Crippen LogP contribution in [0.4, 0.5) is 0 Å². The Morgan fingerprint density at radius 1 is 1.36 bits per heavy atom. The van der Waals surface area contributed by atoms with Gasteiger partial charge >= 0.3 is 0 Å². The molecule has 1 heterocycles. The summed E-state index contributed by atoms with van der Waals surface area (Å²) in [6, 6.07) is 0. The molecule has 0 aromatic heterocycles. The second kappa shape index (κ2) is 3.07. The largest absolute Gasteiger partial charge is 0.347 e. The molecule has 2 fully saturated rings. The second-order valence-corrected chi connectivity index (χ2v) is 4.90. The van der Waals surface area contributed by atoms with Crippen LogP contribution in [0.3, 0.4) is 0 Å². The topological polar surface area (TPSA) is 18.5 Å². The van der Waals surface area contributed by atoms with Gasteiger partial charge in [-0.25, -0.2) is 0 Å². The van der Waals surface area contributed by atoms with Gasteiger partial charge in [0.1, 0.15) is 0 Å². The smallest absolute Gasteiger partial charge is 0.171 e. The summed E-state index contributed by atoms with van der Waals surface area (Å²) in [7, 11) is 0. The predicted octanol–water partition coefficient (Wildman–Crippen LogP) is 2.50. The average molecular weight is 194 g/mol. The van der Waals surface area contributed by atoms with Crippen LogP contribution in [0.1, 0.15) is 32.6 Å². The normalized spacial score (nSPS) is 39.9. The quantitative estimate of drug-likeness (QED) is 0.552. The van der Waals surface area contributed by atoms with Crippen LogP contribution < -0.4 is 0 Å². The summed E-state index contributed by atoms with van der Waals surface area (Å²) >= 11 is 0. The van der Waals surface area contributed by atoms with Crippen molar-refractivity contribution in [2.45, 2.75) is 38.4 Å². The van der Waals surface area contributed by atoms with Crippen molar-refractivity contribution in [3.05, 3.63) is 11.6 Å². The summed E-state index contributed by atoms with van der Waals surface area (Å²) in [5.41, 5.74) is 1.56. The molecule has 3 aliphatic rings. The Kier molecular flexibility index (Phi) is 1.96. The third kappa shape index (κ3) is 1.17. The Morgan fingerprint density at radius 3 is 2.93 bits per heavy atom. The summed E-state index contributed by atoms with van der Waals surface area (Å²) in [5, 5.41) is 0. The fourth-order valence-corrected chi connectivity index (χ4v) is 3.40. The summed E-state index contributed by atoms with van der Waals surface area (Å²) < 4.78 is 11.7. The fourth-order valence-electron chi connectivity index (χ4n) is 3.40. The van der Waals surface area contributed by atoms with E-state index in [1.54, 1.807) is 5.57 Å². The molecule has 2 heteroatoms. The van der Waals surface area contributed by atoms with Crippen molar-refractivity contribution < 1.29 is 9.47 Å². The van der Waals surface area contributed by atoms with Crippen LogP contribution in [-0.4, -0.2) is 19.0 Å². The monoisotopic (exact) mass is 194 g/mol. The maximum Gasteiger partial charge on any atom is 0.171 e. The van der Waals surface area contributed by atoms with E-state index in [2.05, 4.69) is 13.0 Å². The van der Waals surface area contributed by atoms with Gasteiger partial charge in [-0.2, -0.15) is 0 Å². The number of allylic oxidation sites excluding steroid dienone is 2. The number of fused-ring (bicyclic) bond motifs is 2. The third-order valence-electron chi connectivity index (χ3n) is 4.08. The first-order valence-electron chi connectivity index (χ1n) is 5.74. The minimum absolute atomic E-state index is 0.179. The van der Waals surface area contributed by atoms with Crippen LogP contribution in [0.2, 0.25) is 0 Å². The molecule has 3 rings (SSSR count). The summed E-state index contributed by atoms with van der Waals surface area (Å²) in [6.07, 6.45) is 7.20. The lowest BCUT2D eigenvalue weighted by atomic mass is 9.80. The van der Waals surface area contributed by atoms with E-state index in [4.69, 9.17) is 9.47 Å². The summed E-state index contributed by atoms with van der Waals surface area (Å²) in [5.74, 6) is 1.27. The van der Waals surface area contributed by atoms with Gasteiger partial charge in [0.05, 0.1) is 13.2 Å². The highest BCUT2D eigenvalue weighted by molar-refractivity contribution is 5.11. The van der Waals surface area contributed by atoms with Gasteiger partial charge in [-0.3, -0.25) is 0 Å². The summed E-state index contributed by atoms with van der Waals surface area (Å²) in [4.78, 5) is 0. The number of hydrogen-bond acceptors (Lipinski definition) is 2. The Bertz CT molecular complexity index is 263. The molecular formula is C12H18O2. The van der Waals surface area contributed by atoms with Crippen molar-refractivity contribution in [1.29, 1.82) is 0 Å². The molecule has 0 N–H and O–H groups in total. The lowest BCUT2D eigenvalue weighted by Crippen LogP contribution is -2.37. The van der Waals surface area contributed by atoms with Crippen LogP contribution in [0, 0.1) is 11.8 Å². The Hall–Kier alpha value is -0.340. The zero-order chi connectivity index (χ0) is 9.60. The lowest BCUT2D eigenvalue weighted by Gasteiger charge is -2.34. The van der Waals surface area contributed by atoms with Gasteiger partial charge in [0.2, 0.25) is 0 Å². The Morgan fingerprint density at radius 2 is 2.14 bits per heavy atom. The molecule has 1 saturated heterocycles. The van der Waals surface area contributed by atoms with Gasteiger partial charge in [-0.05, 0) is 32.1 Å². The van der Waals surface area contributed by atoms with Gasteiger partial charge in [-0.1, -0.05) is 11.6 Å². The van der Waals surface area contributed by atoms with Crippen molar-refractivity contribution in [2.24, 2.45) is 11.8 Å². The molecule has 14 heavy (non-hydrogen) atoms. The summed E-state index contributed by atoms with van der Waals surface area (Å²) in [6.45, 7) is 3.84. The first-order valence-corrected chi connectivity index (χ1v) is 5.74. The van der Waals surface area contributed by atoms with Gasteiger partial charge in [0.25, 0.3) is 0 Å². The first kappa shape index (κ1) is 8.93. The van der Waals surface area contributed by atoms with E-state index in [-0.39, 0.29) is 5.79 Å². The van der Waals surface area contributed by atoms with Gasteiger partial charge in [0, 0.05) is 12.3 Å². The maximum atomic E-state index is 5.85. The van der Waals surface area contributed by atoms with Crippen LogP contribution in [0.15, 0.2) is 11.6 Å². The molecule has 78 valence electrons. The van der Waals surface area contributed by atoms with E-state index in [0.29, 0.717) is 5.92 Å². The van der Waals surface area contributed by atoms with E-state index in [1.165, 1.54) is 12.8 Å². The molecule has 0 aromatic carbocycles. The number of ether oxygens (including phenoxy) is 2. The molecule has 2 atom stereocenters. The van der Waals surface area contributed by atoms with Crippen molar-refractivity contribution in [2.75, 3.05) is 13.2 Å². The molecule has 0 aromatic rings. The second-order valence-electron chi connectivity index (χ2n) is 4.90. The van der Waals surface area contributed by atoms with Crippen LogP contribution in [-0.2, 0) is 9.47 Å². The zero-order valence-electron chi connectivity index (χ0n) is 8.79. The van der Waals surface area contributed by atoms with E-state index in [9.17, 15) is 0 Å². The van der Waals surface area contributed by atoms with Gasteiger partial charge < -0.3 is 9.47 Å². The standard InChI is InChI=1S/C12H18O2/c1-9-2-3-11-10(8-9)4-5-12(11)13-6-7-14-12/h2,10-11H,3-8H2,1H3/t10-,11+/m1/s1. The maximum absolute atomic E-state index is 5.85. The van der Waals surface area contributed by atoms with E-state index >= 15 is 0 Å². The van der Waals surface area contributed by atoms with Crippen LogP contribution >= 0.6 is 0 Å². The van der Waals surface area contributed by atoms with Crippen molar-refractivity contribution in [1.82, 2.24) is 0 Å². The van der Waals surface area contributed by atoms with Crippen molar-refractivity contribution in [3.63, 3.8) is 0 Å². The van der Waals surface area contributed by atoms with Crippen molar-refractivity contribution in [3.8, 4) is 0 Å². The highest BCUT2D eigenvalue weighted by Crippen LogP contribution is 2.51. The van der Waals surface area contributed by atoms with E-state index < -0.39 is 0 Å². The van der Waals surface area contributed by atoms with Crippen molar-refractivity contribution >= 4 is 0 Å². The predicted molar refractivity (Wildman–Crippen MR) is 53.8 cm³/mol. The minimum Gasteiger partial charge on any atom is -0.347 e. The van der Waals surface area contributed by atoms with E-state index in [0.717, 1.165) is 32.0 Å². The molecule has 0 amide bonds. The highest BCUT2D eigenvalue weighted by atomic mass is 16.7. The lowest BCUT2D eigenvalue weighted by molar-refractivity contribution is -0.186. The number of rotatable bonds is 0. The van der Waals surface area contributed by atoms with Gasteiger partial charge in [-0.15, -0.1) is 0 Å². The van der Waals surface area contributed by atoms with Crippen LogP contribution in [0.25, 0.3) is 0 Å². The average Bonchev–Trinajstić information content (AvgIpc) is 2.77. The minimum atomic E-state index is -0.179. The molecule has 0 radical (unpaired) electrons. The molecule has 0 bridgehead atoms. The molecule has 1 aliphatic heterocycles. The first-order chi connectivity index (χ1) is 6.80. The molecule has 2 aliphatic carbocycles. The Labute approximate surface area is 85.3 Å². The molecule has 1 spiro atoms. The highest BCUT2D eigenvalue weighted by Gasteiger charge is 2.52.